The fourth-order valence-corrected chi connectivity index (χ4v) is 3.52. The van der Waals surface area contributed by atoms with Gasteiger partial charge in [0.2, 0.25) is 0 Å². The molecule has 1 amide bonds. The Kier molecular flexibility index (Phi) is 5.79. The highest BCUT2D eigenvalue weighted by Crippen LogP contribution is 2.32. The van der Waals surface area contributed by atoms with Crippen LogP contribution in [0.1, 0.15) is 66.4 Å². The highest BCUT2D eigenvalue weighted by molar-refractivity contribution is 6.10. The molecule has 3 rings (SSSR count). The Morgan fingerprint density at radius 2 is 2.03 bits per heavy atom. The SMILES string of the molecule is CC(C)c1cc(CN)c2c(c1)C(=O)N(c1cccc(C(=N)N(C=N)C(C)C)n1)C2. The number of nitrogens with two attached hydrogens (primary N) is 1. The van der Waals surface area contributed by atoms with Gasteiger partial charge < -0.3 is 10.6 Å². The number of anilines is 1. The first-order chi connectivity index (χ1) is 13.8. The van der Waals surface area contributed by atoms with E-state index in [1.165, 1.54) is 4.90 Å². The minimum Gasteiger partial charge on any atom is -0.326 e. The van der Waals surface area contributed by atoms with E-state index in [1.54, 1.807) is 23.1 Å². The number of nitrogens with one attached hydrogen (secondary N) is 2. The Labute approximate surface area is 171 Å². The number of rotatable bonds is 6. The van der Waals surface area contributed by atoms with E-state index in [9.17, 15) is 4.79 Å². The maximum atomic E-state index is 13.2. The third-order valence-corrected chi connectivity index (χ3v) is 5.25. The second kappa shape index (κ2) is 8.13. The molecule has 1 aliphatic heterocycles. The zero-order valence-corrected chi connectivity index (χ0v) is 17.4. The zero-order valence-electron chi connectivity index (χ0n) is 17.4. The summed E-state index contributed by atoms with van der Waals surface area (Å²) in [4.78, 5) is 20.9. The van der Waals surface area contributed by atoms with E-state index in [2.05, 4.69) is 24.9 Å². The minimum atomic E-state index is -0.0962. The molecule has 1 aliphatic rings. The summed E-state index contributed by atoms with van der Waals surface area (Å²) in [5, 5.41) is 16.0. The molecule has 1 aromatic carbocycles. The van der Waals surface area contributed by atoms with E-state index in [-0.39, 0.29) is 17.8 Å². The number of nitrogens with zero attached hydrogens (tertiary/aromatic N) is 3. The Morgan fingerprint density at radius 3 is 2.62 bits per heavy atom. The largest absolute Gasteiger partial charge is 0.326 e. The summed E-state index contributed by atoms with van der Waals surface area (Å²) in [5.41, 5.74) is 10.1. The Bertz CT molecular complexity index is 966. The van der Waals surface area contributed by atoms with E-state index >= 15 is 0 Å². The summed E-state index contributed by atoms with van der Waals surface area (Å²) in [6.45, 7) is 8.81. The molecule has 1 aromatic heterocycles. The molecule has 29 heavy (non-hydrogen) atoms. The number of benzene rings is 1. The highest BCUT2D eigenvalue weighted by Gasteiger charge is 2.32. The van der Waals surface area contributed by atoms with Crippen LogP contribution in [0.2, 0.25) is 0 Å². The van der Waals surface area contributed by atoms with Crippen LogP contribution in [0.25, 0.3) is 0 Å². The molecule has 152 valence electrons. The van der Waals surface area contributed by atoms with E-state index < -0.39 is 0 Å². The number of carbonyl (C=O) groups is 1. The monoisotopic (exact) mass is 392 g/mol. The van der Waals surface area contributed by atoms with Crippen LogP contribution in [-0.2, 0) is 13.1 Å². The number of aromatic nitrogens is 1. The van der Waals surface area contributed by atoms with Crippen molar-refractivity contribution < 1.29 is 4.79 Å². The van der Waals surface area contributed by atoms with E-state index in [1.807, 2.05) is 19.9 Å². The van der Waals surface area contributed by atoms with Crippen molar-refractivity contribution in [2.24, 2.45) is 5.73 Å². The third kappa shape index (κ3) is 3.78. The predicted octanol–water partition coefficient (Wildman–Crippen LogP) is 3.47. The van der Waals surface area contributed by atoms with Crippen LogP contribution in [0.5, 0.6) is 0 Å². The Morgan fingerprint density at radius 1 is 1.31 bits per heavy atom. The van der Waals surface area contributed by atoms with Crippen molar-refractivity contribution in [3.63, 3.8) is 0 Å². The molecular weight excluding hydrogens is 364 g/mol. The molecule has 0 bridgehead atoms. The molecule has 0 unspecified atom stereocenters. The van der Waals surface area contributed by atoms with Gasteiger partial charge in [-0.15, -0.1) is 0 Å². The number of pyridine rings is 1. The summed E-state index contributed by atoms with van der Waals surface area (Å²) in [6.07, 6.45) is 1.12. The number of amides is 1. The summed E-state index contributed by atoms with van der Waals surface area (Å²) in [6, 6.07) is 9.29. The van der Waals surface area contributed by atoms with Crippen LogP contribution in [-0.4, -0.2) is 34.0 Å². The molecule has 0 saturated heterocycles. The molecule has 7 nitrogen and oxygen atoms in total. The quantitative estimate of drug-likeness (QED) is 0.516. The van der Waals surface area contributed by atoms with Crippen molar-refractivity contribution in [2.75, 3.05) is 4.90 Å². The lowest BCUT2D eigenvalue weighted by Crippen LogP contribution is -2.36. The van der Waals surface area contributed by atoms with Crippen LogP contribution < -0.4 is 10.6 Å². The average Bonchev–Trinajstić information content (AvgIpc) is 3.04. The number of hydrogen-bond acceptors (Lipinski definition) is 5. The topological polar surface area (TPSA) is 110 Å². The first kappa shape index (κ1) is 20.7. The smallest absolute Gasteiger partial charge is 0.260 e. The van der Waals surface area contributed by atoms with Crippen molar-refractivity contribution in [3.8, 4) is 0 Å². The van der Waals surface area contributed by atoms with Crippen LogP contribution in [0.15, 0.2) is 30.3 Å². The fourth-order valence-electron chi connectivity index (χ4n) is 3.52. The number of amidine groups is 1. The molecule has 0 fully saturated rings. The van der Waals surface area contributed by atoms with Gasteiger partial charge in [-0.3, -0.25) is 20.5 Å². The molecule has 0 radical (unpaired) electrons. The molecule has 2 heterocycles. The van der Waals surface area contributed by atoms with E-state index in [4.69, 9.17) is 16.6 Å². The van der Waals surface area contributed by atoms with Gasteiger partial charge in [0, 0.05) is 18.2 Å². The maximum absolute atomic E-state index is 13.2. The maximum Gasteiger partial charge on any atom is 0.260 e. The number of fused-ring (bicyclic) bond motifs is 1. The van der Waals surface area contributed by atoms with Crippen molar-refractivity contribution in [2.45, 2.75) is 52.7 Å². The fraction of sp³-hybridized carbons (Fsp3) is 0.364. The summed E-state index contributed by atoms with van der Waals surface area (Å²) in [7, 11) is 0. The summed E-state index contributed by atoms with van der Waals surface area (Å²) >= 11 is 0. The number of carbonyl (C=O) groups excluding carboxylic acids is 1. The lowest BCUT2D eigenvalue weighted by Gasteiger charge is -2.24. The Balaban J connectivity index is 1.97. The lowest BCUT2D eigenvalue weighted by atomic mass is 9.94. The molecule has 2 aromatic rings. The van der Waals surface area contributed by atoms with Crippen molar-refractivity contribution in [1.29, 1.82) is 10.8 Å². The van der Waals surface area contributed by atoms with Crippen molar-refractivity contribution >= 4 is 23.9 Å². The van der Waals surface area contributed by atoms with Crippen LogP contribution in [0.4, 0.5) is 5.82 Å². The summed E-state index contributed by atoms with van der Waals surface area (Å²) in [5.74, 6) is 0.834. The molecule has 4 N–H and O–H groups in total. The second-order valence-corrected chi connectivity index (χ2v) is 7.82. The highest BCUT2D eigenvalue weighted by atomic mass is 16.2. The second-order valence-electron chi connectivity index (χ2n) is 7.82. The minimum absolute atomic E-state index is 0.0373. The lowest BCUT2D eigenvalue weighted by molar-refractivity contribution is 0.0996. The average molecular weight is 393 g/mol. The van der Waals surface area contributed by atoms with Gasteiger partial charge in [0.05, 0.1) is 12.9 Å². The molecule has 0 spiro atoms. The first-order valence-electron chi connectivity index (χ1n) is 9.81. The van der Waals surface area contributed by atoms with Gasteiger partial charge in [0.25, 0.3) is 5.91 Å². The Hall–Kier alpha value is -3.06. The van der Waals surface area contributed by atoms with Gasteiger partial charge in [-0.2, -0.15) is 0 Å². The van der Waals surface area contributed by atoms with Crippen LogP contribution >= 0.6 is 0 Å². The normalized spacial score (nSPS) is 13.2. The van der Waals surface area contributed by atoms with Crippen molar-refractivity contribution in [3.05, 3.63) is 58.3 Å². The molecule has 0 saturated carbocycles. The molecular formula is C22H28N6O. The van der Waals surface area contributed by atoms with Gasteiger partial charge in [0.1, 0.15) is 11.5 Å². The standard InChI is InChI=1S/C22H28N6O/c1-13(2)15-8-16(10-23)18-11-27(22(29)17(18)9-15)20-7-5-6-19(26-20)21(25)28(12-24)14(3)4/h5-9,12-14,24-25H,10-11,23H2,1-4H3. The van der Waals surface area contributed by atoms with Gasteiger partial charge in [-0.05, 0) is 54.7 Å². The number of hydrogen-bond donors (Lipinski definition) is 3. The van der Waals surface area contributed by atoms with Gasteiger partial charge in [-0.1, -0.05) is 26.0 Å². The van der Waals surface area contributed by atoms with Gasteiger partial charge >= 0.3 is 0 Å². The molecule has 7 heteroatoms. The van der Waals surface area contributed by atoms with Crippen LogP contribution in [0, 0.1) is 10.8 Å². The molecule has 0 atom stereocenters. The third-order valence-electron chi connectivity index (χ3n) is 5.25. The zero-order chi connectivity index (χ0) is 21.3. The van der Waals surface area contributed by atoms with Gasteiger partial charge in [-0.25, -0.2) is 4.98 Å². The first-order valence-corrected chi connectivity index (χ1v) is 9.81. The summed E-state index contributed by atoms with van der Waals surface area (Å²) < 4.78 is 0. The van der Waals surface area contributed by atoms with Gasteiger partial charge in [0.15, 0.2) is 5.84 Å². The van der Waals surface area contributed by atoms with Crippen LogP contribution in [0.3, 0.4) is 0 Å². The van der Waals surface area contributed by atoms with Crippen molar-refractivity contribution in [1.82, 2.24) is 9.88 Å². The van der Waals surface area contributed by atoms with E-state index in [0.29, 0.717) is 36.1 Å². The van der Waals surface area contributed by atoms with E-state index in [0.717, 1.165) is 23.0 Å². The predicted molar refractivity (Wildman–Crippen MR) is 116 cm³/mol. The molecule has 0 aliphatic carbocycles.